The zero-order valence-electron chi connectivity index (χ0n) is 22.1. The molecule has 0 spiro atoms. The van der Waals surface area contributed by atoms with Gasteiger partial charge < -0.3 is 5.11 Å². The van der Waals surface area contributed by atoms with Crippen molar-refractivity contribution in [1.82, 2.24) is 15.0 Å². The average Bonchev–Trinajstić information content (AvgIpc) is 3.03. The number of hydrogen-bond donors (Lipinski definition) is 1. The number of aromatic hydroxyl groups is 1. The molecule has 0 bridgehead atoms. The standard InChI is InChI=1S/C28H41N3O/c1-25(2,3)17-13-14-18(20(15-17)26(4,5)6)19-16-21-23(24(32)22(19)27(7,8)9)31(30-29-21)28(10,11)12/h13-16,32H,1-12H3. The van der Waals surface area contributed by atoms with E-state index in [1.165, 1.54) is 11.1 Å². The van der Waals surface area contributed by atoms with Gasteiger partial charge in [-0.3, -0.25) is 0 Å². The van der Waals surface area contributed by atoms with E-state index in [0.29, 0.717) is 5.52 Å². The molecule has 0 amide bonds. The molecule has 0 radical (unpaired) electrons. The number of phenolic OH excluding ortho intramolecular Hbond substituents is 1. The van der Waals surface area contributed by atoms with Gasteiger partial charge in [-0.2, -0.15) is 0 Å². The van der Waals surface area contributed by atoms with Crippen LogP contribution in [0.2, 0.25) is 0 Å². The molecule has 3 rings (SSSR count). The van der Waals surface area contributed by atoms with Crippen LogP contribution in [0.1, 0.15) is 99.8 Å². The smallest absolute Gasteiger partial charge is 0.147 e. The highest BCUT2D eigenvalue weighted by Crippen LogP contribution is 2.46. The van der Waals surface area contributed by atoms with E-state index in [2.05, 4.69) is 118 Å². The van der Waals surface area contributed by atoms with Gasteiger partial charge >= 0.3 is 0 Å². The second-order valence-electron chi connectivity index (χ2n) is 13.2. The van der Waals surface area contributed by atoms with E-state index >= 15 is 0 Å². The molecule has 0 unspecified atom stereocenters. The highest BCUT2D eigenvalue weighted by Gasteiger charge is 2.32. The Balaban J connectivity index is 2.47. The summed E-state index contributed by atoms with van der Waals surface area (Å²) in [6, 6.07) is 8.91. The Bertz CT molecular complexity index is 1160. The van der Waals surface area contributed by atoms with Gasteiger partial charge in [-0.25, -0.2) is 4.68 Å². The van der Waals surface area contributed by atoms with Crippen molar-refractivity contribution in [2.75, 3.05) is 0 Å². The first kappa shape index (κ1) is 24.3. The lowest BCUT2D eigenvalue weighted by Gasteiger charge is -2.31. The maximum atomic E-state index is 11.6. The minimum absolute atomic E-state index is 0.0562. The van der Waals surface area contributed by atoms with Crippen molar-refractivity contribution in [3.8, 4) is 16.9 Å². The minimum atomic E-state index is -0.284. The van der Waals surface area contributed by atoms with E-state index in [9.17, 15) is 5.11 Å². The summed E-state index contributed by atoms with van der Waals surface area (Å²) in [6.45, 7) is 26.2. The van der Waals surface area contributed by atoms with Crippen molar-refractivity contribution in [1.29, 1.82) is 0 Å². The van der Waals surface area contributed by atoms with Crippen molar-refractivity contribution >= 4 is 11.0 Å². The van der Waals surface area contributed by atoms with Gasteiger partial charge in [0.25, 0.3) is 0 Å². The molecule has 4 nitrogen and oxygen atoms in total. The van der Waals surface area contributed by atoms with Crippen LogP contribution in [0.3, 0.4) is 0 Å². The summed E-state index contributed by atoms with van der Waals surface area (Å²) in [5.74, 6) is 0.282. The highest BCUT2D eigenvalue weighted by atomic mass is 16.3. The van der Waals surface area contributed by atoms with Gasteiger partial charge in [-0.05, 0) is 65.3 Å². The number of phenols is 1. The lowest BCUT2D eigenvalue weighted by Crippen LogP contribution is -2.23. The monoisotopic (exact) mass is 435 g/mol. The quantitative estimate of drug-likeness (QED) is 0.432. The van der Waals surface area contributed by atoms with E-state index in [-0.39, 0.29) is 27.5 Å². The Hall–Kier alpha value is -2.36. The summed E-state index contributed by atoms with van der Waals surface area (Å²) < 4.78 is 1.84. The summed E-state index contributed by atoms with van der Waals surface area (Å²) in [6.07, 6.45) is 0. The van der Waals surface area contributed by atoms with Gasteiger partial charge in [-0.1, -0.05) is 85.7 Å². The molecule has 0 aliphatic carbocycles. The largest absolute Gasteiger partial charge is 0.505 e. The Morgan fingerprint density at radius 1 is 0.719 bits per heavy atom. The maximum absolute atomic E-state index is 11.6. The van der Waals surface area contributed by atoms with Crippen LogP contribution in [0.15, 0.2) is 24.3 Å². The van der Waals surface area contributed by atoms with Gasteiger partial charge in [0, 0.05) is 5.56 Å². The zero-order chi connectivity index (χ0) is 24.4. The number of fused-ring (bicyclic) bond motifs is 1. The first-order chi connectivity index (χ1) is 14.3. The third-order valence-electron chi connectivity index (χ3n) is 6.08. The molecule has 0 saturated heterocycles. The van der Waals surface area contributed by atoms with Gasteiger partial charge in [0.1, 0.15) is 16.8 Å². The van der Waals surface area contributed by atoms with Crippen LogP contribution in [0.25, 0.3) is 22.2 Å². The molecule has 4 heteroatoms. The average molecular weight is 436 g/mol. The Morgan fingerprint density at radius 2 is 1.31 bits per heavy atom. The van der Waals surface area contributed by atoms with Gasteiger partial charge in [0.05, 0.1) is 5.54 Å². The van der Waals surface area contributed by atoms with E-state index in [1.54, 1.807) is 0 Å². The van der Waals surface area contributed by atoms with Crippen LogP contribution >= 0.6 is 0 Å². The van der Waals surface area contributed by atoms with E-state index < -0.39 is 0 Å². The second kappa shape index (κ2) is 7.33. The van der Waals surface area contributed by atoms with Gasteiger partial charge in [-0.15, -0.1) is 5.10 Å². The minimum Gasteiger partial charge on any atom is -0.505 e. The van der Waals surface area contributed by atoms with Crippen molar-refractivity contribution in [3.63, 3.8) is 0 Å². The number of aromatic nitrogens is 3. The topological polar surface area (TPSA) is 50.9 Å². The molecule has 3 aromatic rings. The number of hydrogen-bond acceptors (Lipinski definition) is 3. The Kier molecular flexibility index (Phi) is 5.56. The molecule has 32 heavy (non-hydrogen) atoms. The van der Waals surface area contributed by atoms with E-state index in [1.807, 2.05) is 4.68 Å². The molecule has 1 N–H and O–H groups in total. The van der Waals surface area contributed by atoms with Crippen LogP contribution in [-0.2, 0) is 21.8 Å². The molecule has 1 aromatic heterocycles. The maximum Gasteiger partial charge on any atom is 0.147 e. The molecular formula is C28H41N3O. The Labute approximate surface area is 194 Å². The predicted molar refractivity (Wildman–Crippen MR) is 136 cm³/mol. The van der Waals surface area contributed by atoms with Crippen molar-refractivity contribution < 1.29 is 5.11 Å². The number of nitrogens with zero attached hydrogens (tertiary/aromatic N) is 3. The van der Waals surface area contributed by atoms with E-state index in [0.717, 1.165) is 22.2 Å². The predicted octanol–water partition coefficient (Wildman–Crippen LogP) is 7.45. The third-order valence-corrected chi connectivity index (χ3v) is 6.08. The second-order valence-corrected chi connectivity index (χ2v) is 13.2. The molecule has 0 saturated carbocycles. The summed E-state index contributed by atoms with van der Waals surface area (Å²) in [4.78, 5) is 0. The molecule has 0 aliphatic rings. The fraction of sp³-hybridized carbons (Fsp3) is 0.571. The van der Waals surface area contributed by atoms with Crippen molar-refractivity contribution in [2.45, 2.75) is 105 Å². The summed E-state index contributed by atoms with van der Waals surface area (Å²) >= 11 is 0. The summed E-state index contributed by atoms with van der Waals surface area (Å²) in [5, 5.41) is 20.5. The summed E-state index contributed by atoms with van der Waals surface area (Å²) in [5.41, 5.74) is 6.59. The molecule has 2 aromatic carbocycles. The van der Waals surface area contributed by atoms with Crippen molar-refractivity contribution in [2.24, 2.45) is 0 Å². The van der Waals surface area contributed by atoms with Crippen LogP contribution in [-0.4, -0.2) is 20.1 Å². The van der Waals surface area contributed by atoms with Gasteiger partial charge in [0.15, 0.2) is 0 Å². The highest BCUT2D eigenvalue weighted by molar-refractivity contribution is 5.91. The lowest BCUT2D eigenvalue weighted by atomic mass is 9.74. The summed E-state index contributed by atoms with van der Waals surface area (Å²) in [7, 11) is 0. The SMILES string of the molecule is CC(C)(C)c1ccc(-c2cc3nnn(C(C)(C)C)c3c(O)c2C(C)(C)C)c(C(C)(C)C)c1. The molecule has 0 aliphatic heterocycles. The van der Waals surface area contributed by atoms with Crippen molar-refractivity contribution in [3.05, 3.63) is 41.0 Å². The molecule has 0 fully saturated rings. The Morgan fingerprint density at radius 3 is 1.78 bits per heavy atom. The van der Waals surface area contributed by atoms with Crippen LogP contribution in [0, 0.1) is 0 Å². The fourth-order valence-corrected chi connectivity index (χ4v) is 4.37. The number of benzene rings is 2. The molecule has 1 heterocycles. The molecule has 174 valence electrons. The third kappa shape index (κ3) is 4.29. The zero-order valence-corrected chi connectivity index (χ0v) is 22.1. The lowest BCUT2D eigenvalue weighted by molar-refractivity contribution is 0.352. The normalized spacial score (nSPS) is 13.8. The van der Waals surface area contributed by atoms with Gasteiger partial charge in [0.2, 0.25) is 0 Å². The van der Waals surface area contributed by atoms with E-state index in [4.69, 9.17) is 0 Å². The van der Waals surface area contributed by atoms with Crippen LogP contribution < -0.4 is 0 Å². The van der Waals surface area contributed by atoms with Crippen LogP contribution in [0.4, 0.5) is 0 Å². The number of rotatable bonds is 1. The first-order valence-corrected chi connectivity index (χ1v) is 11.6. The first-order valence-electron chi connectivity index (χ1n) is 11.6. The molecule has 0 atom stereocenters. The molecular weight excluding hydrogens is 394 g/mol. The fourth-order valence-electron chi connectivity index (χ4n) is 4.37. The van der Waals surface area contributed by atoms with Crippen LogP contribution in [0.5, 0.6) is 5.75 Å².